The van der Waals surface area contributed by atoms with Gasteiger partial charge < -0.3 is 4.42 Å². The molecular weight excluding hydrogens is 353 g/mol. The number of hydrogen-bond acceptors (Lipinski definition) is 2. The van der Waals surface area contributed by atoms with Gasteiger partial charge in [0, 0.05) is 21.8 Å². The van der Waals surface area contributed by atoms with Gasteiger partial charge in [-0.3, -0.25) is 0 Å². The van der Waals surface area contributed by atoms with E-state index >= 15 is 0 Å². The fourth-order valence-corrected chi connectivity index (χ4v) is 3.52. The first-order chi connectivity index (χ1) is 11.9. The van der Waals surface area contributed by atoms with Gasteiger partial charge in [-0.05, 0) is 56.0 Å². The zero-order valence-electron chi connectivity index (χ0n) is 13.1. The third kappa shape index (κ3) is 2.84. The molecule has 1 aliphatic carbocycles. The zero-order chi connectivity index (χ0) is 17.6. The van der Waals surface area contributed by atoms with Crippen molar-refractivity contribution in [3.05, 3.63) is 58.6 Å². The molecule has 0 fully saturated rings. The summed E-state index contributed by atoms with van der Waals surface area (Å²) in [6.45, 7) is 0. The Hall–Kier alpha value is -2.21. The molecule has 0 amide bonds. The summed E-state index contributed by atoms with van der Waals surface area (Å²) in [5.74, 6) is 0.533. The third-order valence-electron chi connectivity index (χ3n) is 4.42. The normalized spacial score (nSPS) is 14.6. The van der Waals surface area contributed by atoms with E-state index in [1.807, 2.05) is 0 Å². The zero-order valence-corrected chi connectivity index (χ0v) is 13.9. The van der Waals surface area contributed by atoms with Crippen molar-refractivity contribution in [1.29, 1.82) is 0 Å². The molecule has 0 bridgehead atoms. The summed E-state index contributed by atoms with van der Waals surface area (Å²) in [5.41, 5.74) is 1.28. The molecule has 0 N–H and O–H groups in total. The van der Waals surface area contributed by atoms with E-state index in [0.717, 1.165) is 12.8 Å². The summed E-state index contributed by atoms with van der Waals surface area (Å²) in [4.78, 5) is 0. The standard InChI is InChI=1S/C18H14ClF3N2O/c19-11-7-8-15(13(10-11)16-6-3-9-25-16)24-14-5-2-1-4-12(14)17(23-24)18(20,21)22/h3,6-10H,1-2,4-5H2. The van der Waals surface area contributed by atoms with Gasteiger partial charge in [-0.25, -0.2) is 4.68 Å². The number of fused-ring (bicyclic) bond motifs is 1. The molecule has 0 unspecified atom stereocenters. The number of halogens is 4. The van der Waals surface area contributed by atoms with Crippen LogP contribution in [0.1, 0.15) is 29.8 Å². The second-order valence-corrected chi connectivity index (χ2v) is 6.47. The summed E-state index contributed by atoms with van der Waals surface area (Å²) < 4.78 is 47.1. The van der Waals surface area contributed by atoms with E-state index in [9.17, 15) is 13.2 Å². The number of aromatic nitrogens is 2. The van der Waals surface area contributed by atoms with Crippen molar-refractivity contribution < 1.29 is 17.6 Å². The van der Waals surface area contributed by atoms with Crippen molar-refractivity contribution in [3.8, 4) is 17.0 Å². The Morgan fingerprint density at radius 3 is 2.64 bits per heavy atom. The van der Waals surface area contributed by atoms with Gasteiger partial charge in [-0.2, -0.15) is 18.3 Å². The van der Waals surface area contributed by atoms with E-state index in [1.165, 1.54) is 10.9 Å². The van der Waals surface area contributed by atoms with E-state index in [0.29, 0.717) is 46.1 Å². The highest BCUT2D eigenvalue weighted by molar-refractivity contribution is 6.31. The molecule has 2 heterocycles. The van der Waals surface area contributed by atoms with Crippen LogP contribution in [0.3, 0.4) is 0 Å². The first kappa shape index (κ1) is 16.3. The molecule has 130 valence electrons. The maximum absolute atomic E-state index is 13.4. The number of benzene rings is 1. The summed E-state index contributed by atoms with van der Waals surface area (Å²) >= 11 is 6.09. The number of alkyl halides is 3. The average Bonchev–Trinajstić information content (AvgIpc) is 3.22. The highest BCUT2D eigenvalue weighted by atomic mass is 35.5. The van der Waals surface area contributed by atoms with Crippen molar-refractivity contribution >= 4 is 11.6 Å². The molecule has 1 aliphatic rings. The monoisotopic (exact) mass is 366 g/mol. The van der Waals surface area contributed by atoms with Crippen molar-refractivity contribution in [2.75, 3.05) is 0 Å². The molecule has 0 spiro atoms. The van der Waals surface area contributed by atoms with Gasteiger partial charge in [-0.15, -0.1) is 0 Å². The van der Waals surface area contributed by atoms with Gasteiger partial charge in [0.05, 0.1) is 12.0 Å². The lowest BCUT2D eigenvalue weighted by Crippen LogP contribution is -2.11. The highest BCUT2D eigenvalue weighted by Crippen LogP contribution is 2.38. The molecule has 7 heteroatoms. The predicted molar refractivity (Wildman–Crippen MR) is 87.9 cm³/mol. The topological polar surface area (TPSA) is 31.0 Å². The van der Waals surface area contributed by atoms with Gasteiger partial charge in [0.2, 0.25) is 0 Å². The van der Waals surface area contributed by atoms with Crippen LogP contribution < -0.4 is 0 Å². The van der Waals surface area contributed by atoms with Crippen LogP contribution in [0.2, 0.25) is 5.02 Å². The van der Waals surface area contributed by atoms with Gasteiger partial charge >= 0.3 is 6.18 Å². The first-order valence-electron chi connectivity index (χ1n) is 7.97. The van der Waals surface area contributed by atoms with Crippen LogP contribution in [0.5, 0.6) is 0 Å². The lowest BCUT2D eigenvalue weighted by Gasteiger charge is -2.16. The Kier molecular flexibility index (Phi) is 3.87. The van der Waals surface area contributed by atoms with Crippen LogP contribution in [0, 0.1) is 0 Å². The summed E-state index contributed by atoms with van der Waals surface area (Å²) in [5, 5.41) is 4.42. The van der Waals surface area contributed by atoms with Crippen molar-refractivity contribution in [2.45, 2.75) is 31.9 Å². The molecule has 0 radical (unpaired) electrons. The SMILES string of the molecule is FC(F)(F)c1nn(-c2ccc(Cl)cc2-c2ccco2)c2c1CCCC2. The minimum Gasteiger partial charge on any atom is -0.464 e. The predicted octanol–water partition coefficient (Wildman–Crippen LogP) is 5.68. The molecule has 0 atom stereocenters. The number of furan rings is 1. The summed E-state index contributed by atoms with van der Waals surface area (Å²) in [6, 6.07) is 8.48. The van der Waals surface area contributed by atoms with Crippen LogP contribution in [-0.2, 0) is 19.0 Å². The number of nitrogens with zero attached hydrogens (tertiary/aromatic N) is 2. The highest BCUT2D eigenvalue weighted by Gasteiger charge is 2.40. The van der Waals surface area contributed by atoms with Gasteiger partial charge in [0.25, 0.3) is 0 Å². The van der Waals surface area contributed by atoms with Crippen LogP contribution in [-0.4, -0.2) is 9.78 Å². The van der Waals surface area contributed by atoms with E-state index < -0.39 is 11.9 Å². The van der Waals surface area contributed by atoms with Crippen molar-refractivity contribution in [3.63, 3.8) is 0 Å². The van der Waals surface area contributed by atoms with Crippen LogP contribution in [0.15, 0.2) is 41.0 Å². The van der Waals surface area contributed by atoms with Gasteiger partial charge in [0.1, 0.15) is 5.76 Å². The molecule has 0 saturated carbocycles. The maximum atomic E-state index is 13.4. The molecule has 0 aliphatic heterocycles. The second-order valence-electron chi connectivity index (χ2n) is 6.03. The Labute approximate surface area is 147 Å². The third-order valence-corrected chi connectivity index (χ3v) is 4.66. The molecule has 3 nitrogen and oxygen atoms in total. The van der Waals surface area contributed by atoms with Crippen LogP contribution in [0.25, 0.3) is 17.0 Å². The van der Waals surface area contributed by atoms with E-state index in [-0.39, 0.29) is 0 Å². The van der Waals surface area contributed by atoms with Gasteiger partial charge in [-0.1, -0.05) is 11.6 Å². The Morgan fingerprint density at radius 2 is 1.92 bits per heavy atom. The fraction of sp³-hybridized carbons (Fsp3) is 0.278. The van der Waals surface area contributed by atoms with Crippen molar-refractivity contribution in [1.82, 2.24) is 9.78 Å². The summed E-state index contributed by atoms with van der Waals surface area (Å²) in [7, 11) is 0. The minimum atomic E-state index is -4.47. The lowest BCUT2D eigenvalue weighted by atomic mass is 9.95. The number of rotatable bonds is 2. The molecule has 3 aromatic rings. The molecule has 0 saturated heterocycles. The lowest BCUT2D eigenvalue weighted by molar-refractivity contribution is -0.142. The largest absolute Gasteiger partial charge is 0.464 e. The van der Waals surface area contributed by atoms with Gasteiger partial charge in [0.15, 0.2) is 5.69 Å². The minimum absolute atomic E-state index is 0.305. The van der Waals surface area contributed by atoms with E-state index in [2.05, 4.69) is 5.10 Å². The molecule has 2 aromatic heterocycles. The smallest absolute Gasteiger partial charge is 0.435 e. The van der Waals surface area contributed by atoms with E-state index in [4.69, 9.17) is 16.0 Å². The summed E-state index contributed by atoms with van der Waals surface area (Å²) in [6.07, 6.45) is -0.400. The maximum Gasteiger partial charge on any atom is 0.435 e. The molecule has 4 rings (SSSR count). The average molecular weight is 367 g/mol. The fourth-order valence-electron chi connectivity index (χ4n) is 3.35. The Bertz CT molecular complexity index is 913. The molecular formula is C18H14ClF3N2O. The van der Waals surface area contributed by atoms with Crippen molar-refractivity contribution in [2.24, 2.45) is 0 Å². The second kappa shape index (κ2) is 5.95. The molecule has 25 heavy (non-hydrogen) atoms. The van der Waals surface area contributed by atoms with Crippen LogP contribution >= 0.6 is 11.6 Å². The Balaban J connectivity index is 1.96. The van der Waals surface area contributed by atoms with Crippen LogP contribution in [0.4, 0.5) is 13.2 Å². The first-order valence-corrected chi connectivity index (χ1v) is 8.35. The quantitative estimate of drug-likeness (QED) is 0.584. The molecule has 1 aromatic carbocycles. The Morgan fingerprint density at radius 1 is 1.12 bits per heavy atom. The number of hydrogen-bond donors (Lipinski definition) is 0. The van der Waals surface area contributed by atoms with E-state index in [1.54, 1.807) is 30.3 Å².